The first-order valence-corrected chi connectivity index (χ1v) is 4.50. The number of benzene rings is 1. The van der Waals surface area contributed by atoms with Gasteiger partial charge in [0, 0.05) is 11.1 Å². The van der Waals surface area contributed by atoms with Gasteiger partial charge in [0.1, 0.15) is 0 Å². The summed E-state index contributed by atoms with van der Waals surface area (Å²) in [4.78, 5) is 0. The van der Waals surface area contributed by atoms with Gasteiger partial charge < -0.3 is 5.73 Å². The zero-order valence-corrected chi connectivity index (χ0v) is 8.18. The van der Waals surface area contributed by atoms with Crippen molar-refractivity contribution in [1.29, 1.82) is 0 Å². The largest absolute Gasteiger partial charge is 0.327 e. The predicted octanol–water partition coefficient (Wildman–Crippen LogP) is 2.79. The minimum Gasteiger partial charge on any atom is -0.327 e. The molecular weight excluding hydrogens is 170 g/mol. The molecule has 1 aromatic carbocycles. The van der Waals surface area contributed by atoms with Crippen LogP contribution in [0.15, 0.2) is 24.3 Å². The van der Waals surface area contributed by atoms with Gasteiger partial charge in [-0.15, -0.1) is 0 Å². The number of hydrogen-bond acceptors (Lipinski definition) is 1. The fraction of sp³-hybridized carbons (Fsp3) is 0.400. The zero-order chi connectivity index (χ0) is 9.14. The van der Waals surface area contributed by atoms with E-state index in [0.717, 1.165) is 5.02 Å². The molecule has 2 heteroatoms. The van der Waals surface area contributed by atoms with Gasteiger partial charge in [-0.25, -0.2) is 0 Å². The molecule has 0 aliphatic carbocycles. The molecule has 1 unspecified atom stereocenters. The van der Waals surface area contributed by atoms with Crippen LogP contribution in [-0.4, -0.2) is 6.04 Å². The van der Waals surface area contributed by atoms with Crippen molar-refractivity contribution in [3.8, 4) is 0 Å². The van der Waals surface area contributed by atoms with Crippen LogP contribution in [0.4, 0.5) is 0 Å². The lowest BCUT2D eigenvalue weighted by Crippen LogP contribution is -2.22. The van der Waals surface area contributed by atoms with E-state index in [1.807, 2.05) is 25.1 Å². The molecule has 0 amide bonds. The predicted molar refractivity (Wildman–Crippen MR) is 53.5 cm³/mol. The summed E-state index contributed by atoms with van der Waals surface area (Å²) in [7, 11) is 0. The van der Waals surface area contributed by atoms with E-state index in [1.54, 1.807) is 0 Å². The maximum atomic E-state index is 5.85. The fourth-order valence-corrected chi connectivity index (χ4v) is 1.29. The topological polar surface area (TPSA) is 26.0 Å². The lowest BCUT2D eigenvalue weighted by Gasteiger charge is -2.15. The molecule has 0 spiro atoms. The summed E-state index contributed by atoms with van der Waals surface area (Å²) in [5.74, 6) is 0.365. The van der Waals surface area contributed by atoms with E-state index in [0.29, 0.717) is 5.92 Å². The highest BCUT2D eigenvalue weighted by Crippen LogP contribution is 2.20. The quantitative estimate of drug-likeness (QED) is 0.750. The average molecular weight is 184 g/mol. The monoisotopic (exact) mass is 183 g/mol. The van der Waals surface area contributed by atoms with Gasteiger partial charge in [-0.2, -0.15) is 0 Å². The van der Waals surface area contributed by atoms with E-state index in [9.17, 15) is 0 Å². The highest BCUT2D eigenvalue weighted by atomic mass is 35.5. The molecule has 0 fully saturated rings. The summed E-state index contributed by atoms with van der Waals surface area (Å²) >= 11 is 5.85. The Bertz CT molecular complexity index is 258. The molecule has 0 saturated carbocycles. The molecule has 1 nitrogen and oxygen atoms in total. The molecule has 0 aliphatic rings. The summed E-state index contributed by atoms with van der Waals surface area (Å²) in [5.41, 5.74) is 6.98. The normalized spacial score (nSPS) is 15.7. The van der Waals surface area contributed by atoms with E-state index in [-0.39, 0.29) is 6.04 Å². The van der Waals surface area contributed by atoms with Gasteiger partial charge in [-0.05, 0) is 30.5 Å². The van der Waals surface area contributed by atoms with Gasteiger partial charge >= 0.3 is 0 Å². The molecule has 12 heavy (non-hydrogen) atoms. The molecule has 66 valence electrons. The molecule has 1 aromatic rings. The van der Waals surface area contributed by atoms with Crippen LogP contribution in [0, 0.1) is 0 Å². The Balaban J connectivity index is 2.88. The Hall–Kier alpha value is -0.530. The second-order valence-electron chi connectivity index (χ2n) is 3.20. The minimum absolute atomic E-state index is 0.170. The van der Waals surface area contributed by atoms with E-state index < -0.39 is 0 Å². The molecule has 0 aromatic heterocycles. The first kappa shape index (κ1) is 9.56. The van der Waals surface area contributed by atoms with Crippen LogP contribution in [0.25, 0.3) is 0 Å². The van der Waals surface area contributed by atoms with Crippen LogP contribution in [0.5, 0.6) is 0 Å². The molecule has 0 bridgehead atoms. The van der Waals surface area contributed by atoms with Gasteiger partial charge in [0.2, 0.25) is 0 Å². The summed E-state index contributed by atoms with van der Waals surface area (Å²) in [6.07, 6.45) is 0. The van der Waals surface area contributed by atoms with Crippen molar-refractivity contribution in [3.05, 3.63) is 34.9 Å². The van der Waals surface area contributed by atoms with Crippen molar-refractivity contribution in [2.75, 3.05) is 0 Å². The van der Waals surface area contributed by atoms with Crippen LogP contribution < -0.4 is 5.73 Å². The number of hydrogen-bond donors (Lipinski definition) is 1. The van der Waals surface area contributed by atoms with Gasteiger partial charge in [0.05, 0.1) is 0 Å². The maximum absolute atomic E-state index is 5.85. The lowest BCUT2D eigenvalue weighted by atomic mass is 9.95. The van der Waals surface area contributed by atoms with Gasteiger partial charge in [-0.1, -0.05) is 30.7 Å². The van der Waals surface area contributed by atoms with Crippen molar-refractivity contribution < 1.29 is 0 Å². The van der Waals surface area contributed by atoms with E-state index in [1.165, 1.54) is 5.56 Å². The minimum atomic E-state index is 0.170. The lowest BCUT2D eigenvalue weighted by molar-refractivity contribution is 0.613. The molecule has 2 atom stereocenters. The van der Waals surface area contributed by atoms with Crippen LogP contribution >= 0.6 is 11.6 Å². The third kappa shape index (κ3) is 2.23. The highest BCUT2D eigenvalue weighted by molar-refractivity contribution is 6.30. The second-order valence-corrected chi connectivity index (χ2v) is 3.64. The third-order valence-electron chi connectivity index (χ3n) is 2.16. The van der Waals surface area contributed by atoms with Crippen LogP contribution in [0.1, 0.15) is 25.3 Å². The summed E-state index contributed by atoms with van der Waals surface area (Å²) in [6.45, 7) is 4.11. The summed E-state index contributed by atoms with van der Waals surface area (Å²) < 4.78 is 0. The van der Waals surface area contributed by atoms with Gasteiger partial charge in [0.15, 0.2) is 0 Å². The molecule has 0 heterocycles. The van der Waals surface area contributed by atoms with Crippen LogP contribution in [0.2, 0.25) is 5.02 Å². The third-order valence-corrected chi connectivity index (χ3v) is 2.40. The fourth-order valence-electron chi connectivity index (χ4n) is 1.09. The van der Waals surface area contributed by atoms with Crippen molar-refractivity contribution in [1.82, 2.24) is 0 Å². The Morgan fingerprint density at radius 3 is 2.50 bits per heavy atom. The number of halogens is 1. The molecule has 0 radical (unpaired) electrons. The van der Waals surface area contributed by atoms with E-state index >= 15 is 0 Å². The van der Waals surface area contributed by atoms with Crippen LogP contribution in [0.3, 0.4) is 0 Å². The maximum Gasteiger partial charge on any atom is 0.0408 e. The Morgan fingerprint density at radius 1 is 1.33 bits per heavy atom. The Labute approximate surface area is 78.5 Å². The highest BCUT2D eigenvalue weighted by Gasteiger charge is 2.09. The SMILES string of the molecule is CC(c1cccc(Cl)c1)[C@@H](C)N. The van der Waals surface area contributed by atoms with Crippen molar-refractivity contribution in [2.24, 2.45) is 5.73 Å². The van der Waals surface area contributed by atoms with E-state index in [2.05, 4.69) is 13.0 Å². The Morgan fingerprint density at radius 2 is 2.00 bits per heavy atom. The summed E-state index contributed by atoms with van der Waals surface area (Å²) in [5, 5.41) is 0.778. The van der Waals surface area contributed by atoms with Crippen molar-refractivity contribution in [2.45, 2.75) is 25.8 Å². The molecule has 1 rings (SSSR count). The van der Waals surface area contributed by atoms with Gasteiger partial charge in [0.25, 0.3) is 0 Å². The second kappa shape index (κ2) is 3.92. The van der Waals surface area contributed by atoms with Gasteiger partial charge in [-0.3, -0.25) is 0 Å². The number of rotatable bonds is 2. The Kier molecular flexibility index (Phi) is 3.12. The van der Waals surface area contributed by atoms with E-state index in [4.69, 9.17) is 17.3 Å². The first-order valence-electron chi connectivity index (χ1n) is 4.12. The molecular formula is C10H14ClN. The standard InChI is InChI=1S/C10H14ClN/c1-7(8(2)12)9-4-3-5-10(11)6-9/h3-8H,12H2,1-2H3/t7?,8-/m1/s1. The molecule has 0 aliphatic heterocycles. The number of nitrogens with two attached hydrogens (primary N) is 1. The van der Waals surface area contributed by atoms with Crippen LogP contribution in [-0.2, 0) is 0 Å². The summed E-state index contributed by atoms with van der Waals surface area (Å²) in [6, 6.07) is 8.02. The first-order chi connectivity index (χ1) is 5.61. The molecule has 2 N–H and O–H groups in total. The van der Waals surface area contributed by atoms with Crippen molar-refractivity contribution >= 4 is 11.6 Å². The smallest absolute Gasteiger partial charge is 0.0408 e. The average Bonchev–Trinajstić information content (AvgIpc) is 2.03. The van der Waals surface area contributed by atoms with Crippen molar-refractivity contribution in [3.63, 3.8) is 0 Å². The zero-order valence-electron chi connectivity index (χ0n) is 7.42. The molecule has 0 saturated heterocycles.